The first kappa shape index (κ1) is 10.0. The van der Waals surface area contributed by atoms with E-state index in [0.717, 1.165) is 4.90 Å². The maximum atomic E-state index is 13.2. The van der Waals surface area contributed by atoms with Gasteiger partial charge >= 0.3 is 0 Å². The summed E-state index contributed by atoms with van der Waals surface area (Å²) in [5.41, 5.74) is 1.33. The molecule has 1 aliphatic carbocycles. The molecular weight excluding hydrogens is 195 g/mol. The van der Waals surface area contributed by atoms with Gasteiger partial charge in [-0.25, -0.2) is 4.39 Å². The maximum Gasteiger partial charge on any atom is 0.136 e. The first-order valence-electron chi connectivity index (χ1n) is 5.14. The van der Waals surface area contributed by atoms with Crippen LogP contribution in [0.2, 0.25) is 0 Å². The Balaban J connectivity index is 2.25. The van der Waals surface area contributed by atoms with Crippen molar-refractivity contribution in [2.45, 2.75) is 36.5 Å². The Hall–Kier alpha value is -0.500. The average Bonchev–Trinajstić information content (AvgIpc) is 2.71. The van der Waals surface area contributed by atoms with Gasteiger partial charge in [0, 0.05) is 4.90 Å². The third-order valence-electron chi connectivity index (χ3n) is 3.00. The molecule has 0 radical (unpaired) electrons. The number of hydrogen-bond acceptors (Lipinski definition) is 1. The molecule has 0 bridgehead atoms. The molecule has 0 amide bonds. The minimum Gasteiger partial charge on any atom is -0.206 e. The van der Waals surface area contributed by atoms with Crippen molar-refractivity contribution < 1.29 is 4.39 Å². The first-order chi connectivity index (χ1) is 6.81. The van der Waals surface area contributed by atoms with Crippen molar-refractivity contribution in [3.05, 3.63) is 29.6 Å². The predicted octanol–water partition coefficient (Wildman–Crippen LogP) is 4.21. The third kappa shape index (κ3) is 1.95. The minimum atomic E-state index is -0.0840. The average molecular weight is 210 g/mol. The lowest BCUT2D eigenvalue weighted by Gasteiger charge is -2.10. The van der Waals surface area contributed by atoms with Crippen LogP contribution in [0.5, 0.6) is 0 Å². The van der Waals surface area contributed by atoms with Gasteiger partial charge in [-0.3, -0.25) is 0 Å². The fourth-order valence-electron chi connectivity index (χ4n) is 2.19. The number of benzene rings is 1. The molecule has 0 saturated heterocycles. The molecule has 1 aliphatic rings. The van der Waals surface area contributed by atoms with Crippen LogP contribution < -0.4 is 0 Å². The number of rotatable bonds is 2. The Morgan fingerprint density at radius 1 is 1.29 bits per heavy atom. The summed E-state index contributed by atoms with van der Waals surface area (Å²) in [5, 5.41) is 0. The standard InChI is InChI=1S/C12H15FS/c1-14-12-8-10(6-7-11(12)13)9-4-2-3-5-9/h6-9H,2-5H2,1H3. The van der Waals surface area contributed by atoms with Crippen molar-refractivity contribution in [1.82, 2.24) is 0 Å². The van der Waals surface area contributed by atoms with Crippen LogP contribution in [-0.2, 0) is 0 Å². The quantitative estimate of drug-likeness (QED) is 0.659. The summed E-state index contributed by atoms with van der Waals surface area (Å²) in [4.78, 5) is 0.786. The highest BCUT2D eigenvalue weighted by molar-refractivity contribution is 7.98. The minimum absolute atomic E-state index is 0.0840. The summed E-state index contributed by atoms with van der Waals surface area (Å²) in [5.74, 6) is 0.598. The Kier molecular flexibility index (Phi) is 3.12. The van der Waals surface area contributed by atoms with E-state index in [-0.39, 0.29) is 5.82 Å². The van der Waals surface area contributed by atoms with E-state index in [0.29, 0.717) is 5.92 Å². The van der Waals surface area contributed by atoms with Crippen molar-refractivity contribution in [1.29, 1.82) is 0 Å². The van der Waals surface area contributed by atoms with E-state index in [2.05, 4.69) is 0 Å². The Morgan fingerprint density at radius 2 is 2.00 bits per heavy atom. The molecule has 0 unspecified atom stereocenters. The summed E-state index contributed by atoms with van der Waals surface area (Å²) in [6.07, 6.45) is 7.14. The van der Waals surface area contributed by atoms with Gasteiger partial charge in [-0.1, -0.05) is 18.9 Å². The molecule has 0 atom stereocenters. The molecule has 0 spiro atoms. The van der Waals surface area contributed by atoms with E-state index in [1.807, 2.05) is 18.4 Å². The second-order valence-corrected chi connectivity index (χ2v) is 4.72. The van der Waals surface area contributed by atoms with Crippen LogP contribution in [0.4, 0.5) is 4.39 Å². The number of thioether (sulfide) groups is 1. The summed E-state index contributed by atoms with van der Waals surface area (Å²) in [6, 6.07) is 5.58. The van der Waals surface area contributed by atoms with Crippen LogP contribution in [0.15, 0.2) is 23.1 Å². The van der Waals surface area contributed by atoms with Crippen molar-refractivity contribution in [3.8, 4) is 0 Å². The third-order valence-corrected chi connectivity index (χ3v) is 3.75. The van der Waals surface area contributed by atoms with Gasteiger partial charge < -0.3 is 0 Å². The zero-order chi connectivity index (χ0) is 9.97. The Labute approximate surface area is 88.9 Å². The van der Waals surface area contributed by atoms with E-state index in [4.69, 9.17) is 0 Å². The van der Waals surface area contributed by atoms with Crippen LogP contribution in [0.1, 0.15) is 37.2 Å². The zero-order valence-electron chi connectivity index (χ0n) is 8.42. The van der Waals surface area contributed by atoms with Crippen molar-refractivity contribution in [3.63, 3.8) is 0 Å². The summed E-state index contributed by atoms with van der Waals surface area (Å²) >= 11 is 1.49. The molecule has 1 aromatic carbocycles. The molecule has 1 aromatic rings. The molecule has 0 aliphatic heterocycles. The summed E-state index contributed by atoms with van der Waals surface area (Å²) in [7, 11) is 0. The molecule has 76 valence electrons. The lowest BCUT2D eigenvalue weighted by atomic mass is 9.98. The first-order valence-corrected chi connectivity index (χ1v) is 6.37. The van der Waals surface area contributed by atoms with Gasteiger partial charge in [0.05, 0.1) is 0 Å². The van der Waals surface area contributed by atoms with Gasteiger partial charge in [0.1, 0.15) is 5.82 Å². The second kappa shape index (κ2) is 4.35. The zero-order valence-corrected chi connectivity index (χ0v) is 9.24. The van der Waals surface area contributed by atoms with Crippen molar-refractivity contribution in [2.75, 3.05) is 6.26 Å². The molecule has 1 fully saturated rings. The lowest BCUT2D eigenvalue weighted by Crippen LogP contribution is -1.93. The highest BCUT2D eigenvalue weighted by atomic mass is 32.2. The molecule has 0 nitrogen and oxygen atoms in total. The van der Waals surface area contributed by atoms with Crippen LogP contribution in [0.3, 0.4) is 0 Å². The molecule has 14 heavy (non-hydrogen) atoms. The van der Waals surface area contributed by atoms with Crippen LogP contribution in [-0.4, -0.2) is 6.26 Å². The van der Waals surface area contributed by atoms with Gasteiger partial charge in [0.2, 0.25) is 0 Å². The van der Waals surface area contributed by atoms with Crippen LogP contribution in [0, 0.1) is 5.82 Å². The maximum absolute atomic E-state index is 13.2. The molecule has 0 N–H and O–H groups in total. The summed E-state index contributed by atoms with van der Waals surface area (Å²) in [6.45, 7) is 0. The lowest BCUT2D eigenvalue weighted by molar-refractivity contribution is 0.598. The SMILES string of the molecule is CSc1cc(C2CCCC2)ccc1F. The molecular formula is C12H15FS. The second-order valence-electron chi connectivity index (χ2n) is 3.88. The van der Waals surface area contributed by atoms with Crippen LogP contribution >= 0.6 is 11.8 Å². The number of hydrogen-bond donors (Lipinski definition) is 0. The van der Waals surface area contributed by atoms with Gasteiger partial charge in [-0.15, -0.1) is 11.8 Å². The van der Waals surface area contributed by atoms with Gasteiger partial charge in [0.15, 0.2) is 0 Å². The fourth-order valence-corrected chi connectivity index (χ4v) is 2.71. The van der Waals surface area contributed by atoms with E-state index in [9.17, 15) is 4.39 Å². The molecule has 2 heteroatoms. The largest absolute Gasteiger partial charge is 0.206 e. The predicted molar refractivity (Wildman–Crippen MR) is 59.4 cm³/mol. The van der Waals surface area contributed by atoms with Gasteiger partial charge in [0.25, 0.3) is 0 Å². The van der Waals surface area contributed by atoms with Crippen LogP contribution in [0.25, 0.3) is 0 Å². The highest BCUT2D eigenvalue weighted by Gasteiger charge is 2.17. The Morgan fingerprint density at radius 3 is 2.64 bits per heavy atom. The molecule has 0 heterocycles. The summed E-state index contributed by atoms with van der Waals surface area (Å²) < 4.78 is 13.2. The fraction of sp³-hybridized carbons (Fsp3) is 0.500. The van der Waals surface area contributed by atoms with Crippen molar-refractivity contribution >= 4 is 11.8 Å². The number of halogens is 1. The topological polar surface area (TPSA) is 0 Å². The molecule has 0 aromatic heterocycles. The van der Waals surface area contributed by atoms with Gasteiger partial charge in [-0.05, 0) is 42.7 Å². The van der Waals surface area contributed by atoms with Gasteiger partial charge in [-0.2, -0.15) is 0 Å². The smallest absolute Gasteiger partial charge is 0.136 e. The Bertz CT molecular complexity index is 316. The molecule has 2 rings (SSSR count). The van der Waals surface area contributed by atoms with Crippen molar-refractivity contribution in [2.24, 2.45) is 0 Å². The monoisotopic (exact) mass is 210 g/mol. The van der Waals surface area contributed by atoms with E-state index < -0.39 is 0 Å². The van der Waals surface area contributed by atoms with E-state index in [1.54, 1.807) is 6.07 Å². The van der Waals surface area contributed by atoms with E-state index in [1.165, 1.54) is 43.0 Å². The normalized spacial score (nSPS) is 17.6. The highest BCUT2D eigenvalue weighted by Crippen LogP contribution is 2.35. The van der Waals surface area contributed by atoms with E-state index >= 15 is 0 Å². The molecule has 1 saturated carbocycles.